The second-order valence-electron chi connectivity index (χ2n) is 17.8. The number of fused-ring (bicyclic) bond motifs is 4. The molecular formula is C43H58N4O10S. The summed E-state index contributed by atoms with van der Waals surface area (Å²) >= 11 is 0. The number of benzene rings is 1. The van der Waals surface area contributed by atoms with Crippen LogP contribution < -0.4 is 29.6 Å². The fourth-order valence-corrected chi connectivity index (χ4v) is 10.6. The normalized spacial score (nSPS) is 30.8. The monoisotopic (exact) mass is 822 g/mol. The molecule has 2 aromatic rings. The second-order valence-corrected chi connectivity index (χ2v) is 19.8. The summed E-state index contributed by atoms with van der Waals surface area (Å²) in [5, 5.41) is 5.92. The Balaban J connectivity index is 1.28. The summed E-state index contributed by atoms with van der Waals surface area (Å²) in [5.74, 6) is -2.35. The SMILES string of the molecule is CCOc1cc2c3cc(c(OC)cc3n1)/C=C/C[C@H]1CCCC[C@@H]1OC(=O)N[C@@H](C(C)(C)C)C(=O)C1C[C@@H](C[C@H]1C(=O)N[C@]1(C(=O)NS(=O)(=O)C3CC3)C[C@@H]1CC)O2. The molecule has 58 heavy (non-hydrogen) atoms. The lowest BCUT2D eigenvalue weighted by molar-refractivity contribution is -0.137. The third-order valence-corrected chi connectivity index (χ3v) is 14.5. The molecule has 4 fully saturated rings. The molecular weight excluding hydrogens is 765 g/mol. The number of hydrogen-bond donors (Lipinski definition) is 3. The number of ketones is 1. The molecule has 14 nitrogen and oxygen atoms in total. The molecule has 3 N–H and O–H groups in total. The van der Waals surface area contributed by atoms with Gasteiger partial charge in [-0.2, -0.15) is 0 Å². The van der Waals surface area contributed by atoms with Gasteiger partial charge in [0.2, 0.25) is 21.8 Å². The minimum Gasteiger partial charge on any atom is -0.496 e. The number of carbonyl (C=O) groups excluding carboxylic acids is 4. The van der Waals surface area contributed by atoms with Crippen LogP contribution in [0.15, 0.2) is 24.3 Å². The topological polar surface area (TPSA) is 188 Å². The number of amides is 3. The third-order valence-electron chi connectivity index (χ3n) is 12.7. The van der Waals surface area contributed by atoms with E-state index in [-0.39, 0.29) is 43.0 Å². The van der Waals surface area contributed by atoms with E-state index in [1.807, 2.05) is 52.8 Å². The number of sulfonamides is 1. The van der Waals surface area contributed by atoms with Gasteiger partial charge in [-0.15, -0.1) is 0 Å². The fraction of sp³-hybridized carbons (Fsp3) is 0.651. The van der Waals surface area contributed by atoms with Gasteiger partial charge in [-0.05, 0) is 88.0 Å². The molecule has 2 heterocycles. The predicted octanol–water partition coefficient (Wildman–Crippen LogP) is 5.99. The molecule has 1 unspecified atom stereocenters. The minimum absolute atomic E-state index is 0.0704. The van der Waals surface area contributed by atoms with Crippen LogP contribution in [-0.4, -0.2) is 79.8 Å². The van der Waals surface area contributed by atoms with Gasteiger partial charge in [0, 0.05) is 29.0 Å². The number of nitrogens with zero attached hydrogens (tertiary/aromatic N) is 1. The summed E-state index contributed by atoms with van der Waals surface area (Å²) in [6.45, 7) is 9.67. The Labute approximate surface area is 341 Å². The number of ether oxygens (including phenoxy) is 4. The van der Waals surface area contributed by atoms with Gasteiger partial charge in [-0.3, -0.25) is 19.1 Å². The van der Waals surface area contributed by atoms with E-state index in [0.717, 1.165) is 24.8 Å². The first-order valence-electron chi connectivity index (χ1n) is 20.9. The summed E-state index contributed by atoms with van der Waals surface area (Å²) in [7, 11) is -2.28. The molecule has 7 rings (SSSR count). The largest absolute Gasteiger partial charge is 0.496 e. The van der Waals surface area contributed by atoms with E-state index in [1.165, 1.54) is 0 Å². The Kier molecular flexibility index (Phi) is 11.8. The first-order chi connectivity index (χ1) is 27.6. The van der Waals surface area contributed by atoms with Crippen molar-refractivity contribution in [2.24, 2.45) is 29.1 Å². The first kappa shape index (κ1) is 41.7. The van der Waals surface area contributed by atoms with Crippen molar-refractivity contribution >= 4 is 50.7 Å². The van der Waals surface area contributed by atoms with E-state index in [1.54, 1.807) is 13.2 Å². The van der Waals surface area contributed by atoms with E-state index in [0.29, 0.717) is 67.0 Å². The molecule has 4 aliphatic carbocycles. The Morgan fingerprint density at radius 3 is 2.47 bits per heavy atom. The number of methoxy groups -OCH3 is 1. The van der Waals surface area contributed by atoms with Crippen LogP contribution in [-0.2, 0) is 29.1 Å². The van der Waals surface area contributed by atoms with Crippen LogP contribution in [0.4, 0.5) is 4.79 Å². The third kappa shape index (κ3) is 8.65. The lowest BCUT2D eigenvalue weighted by Crippen LogP contribution is -2.56. The number of pyridine rings is 1. The number of carbonyl (C=O) groups is 4. The number of hydrogen-bond acceptors (Lipinski definition) is 11. The average Bonchev–Trinajstić information content (AvgIpc) is 4.10. The molecule has 1 aromatic carbocycles. The molecule has 8 atom stereocenters. The maximum Gasteiger partial charge on any atom is 0.408 e. The van der Waals surface area contributed by atoms with Crippen molar-refractivity contribution in [3.63, 3.8) is 0 Å². The molecule has 4 bridgehead atoms. The van der Waals surface area contributed by atoms with Crippen molar-refractivity contribution in [3.8, 4) is 17.4 Å². The van der Waals surface area contributed by atoms with Gasteiger partial charge in [-0.1, -0.05) is 52.7 Å². The fourth-order valence-electron chi connectivity index (χ4n) is 9.21. The molecule has 0 saturated heterocycles. The van der Waals surface area contributed by atoms with Crippen molar-refractivity contribution in [1.82, 2.24) is 20.3 Å². The molecule has 5 aliphatic rings. The highest BCUT2D eigenvalue weighted by molar-refractivity contribution is 7.91. The maximum absolute atomic E-state index is 14.9. The van der Waals surface area contributed by atoms with Crippen molar-refractivity contribution < 1.29 is 46.5 Å². The highest BCUT2D eigenvalue weighted by Crippen LogP contribution is 2.48. The molecule has 3 amide bonds. The van der Waals surface area contributed by atoms with Crippen LogP contribution >= 0.6 is 0 Å². The van der Waals surface area contributed by atoms with Crippen LogP contribution in [0.1, 0.15) is 111 Å². The highest BCUT2D eigenvalue weighted by atomic mass is 32.2. The van der Waals surface area contributed by atoms with Crippen LogP contribution in [0, 0.1) is 29.1 Å². The van der Waals surface area contributed by atoms with Gasteiger partial charge in [0.1, 0.15) is 29.2 Å². The predicted molar refractivity (Wildman–Crippen MR) is 217 cm³/mol. The number of Topliss-reactive ketones (excluding diaryl/α,β-unsaturated/α-hetero) is 1. The summed E-state index contributed by atoms with van der Waals surface area (Å²) in [6, 6.07) is 4.47. The van der Waals surface area contributed by atoms with Gasteiger partial charge in [-0.25, -0.2) is 18.2 Å². The zero-order chi connectivity index (χ0) is 41.6. The molecule has 0 radical (unpaired) electrons. The van der Waals surface area contributed by atoms with Gasteiger partial charge < -0.3 is 29.6 Å². The van der Waals surface area contributed by atoms with Crippen molar-refractivity contribution in [2.75, 3.05) is 13.7 Å². The van der Waals surface area contributed by atoms with Crippen LogP contribution in [0.25, 0.3) is 17.0 Å². The van der Waals surface area contributed by atoms with Gasteiger partial charge in [0.15, 0.2) is 5.78 Å². The van der Waals surface area contributed by atoms with Crippen molar-refractivity contribution in [3.05, 3.63) is 29.8 Å². The molecule has 15 heteroatoms. The standard InChI is InChI=1S/C43H58N4O10S/c1-7-26-23-43(26,40(50)47-58(52,53)28-16-17-28)46-39(49)30-20-27-19-29(30)37(48)38(42(3,4)5)45-41(51)57-33-15-10-9-12-24(33)13-11-14-25-18-31-32(21-34(25)54-6)44-36(55-8-2)22-35(31)56-27/h11,14,18,21-22,24,26-30,33,38H,7-10,12-13,15-17,19-20,23H2,1-6H3,(H,45,51)(H,46,49)(H,47,50)/b14-11+/t24-,26+,27+,29?,30-,33+,38-,43-/m1/s1. The summed E-state index contributed by atoms with van der Waals surface area (Å²) in [4.78, 5) is 61.6. The first-order valence-corrected chi connectivity index (χ1v) is 22.5. The van der Waals surface area contributed by atoms with Crippen LogP contribution in [0.3, 0.4) is 0 Å². The number of aromatic nitrogens is 1. The quantitative estimate of drug-likeness (QED) is 0.269. The van der Waals surface area contributed by atoms with Crippen LogP contribution in [0.5, 0.6) is 17.4 Å². The van der Waals surface area contributed by atoms with Crippen molar-refractivity contribution in [1.29, 1.82) is 0 Å². The van der Waals surface area contributed by atoms with Gasteiger partial charge >= 0.3 is 6.09 Å². The Morgan fingerprint density at radius 2 is 1.79 bits per heavy atom. The zero-order valence-corrected chi connectivity index (χ0v) is 35.2. The Bertz CT molecular complexity index is 2080. The van der Waals surface area contributed by atoms with Crippen LogP contribution in [0.2, 0.25) is 0 Å². The van der Waals surface area contributed by atoms with E-state index in [9.17, 15) is 27.6 Å². The summed E-state index contributed by atoms with van der Waals surface area (Å²) < 4.78 is 52.4. The van der Waals surface area contributed by atoms with E-state index in [4.69, 9.17) is 23.9 Å². The molecule has 1 aromatic heterocycles. The smallest absolute Gasteiger partial charge is 0.408 e. The van der Waals surface area contributed by atoms with E-state index >= 15 is 0 Å². The average molecular weight is 823 g/mol. The molecule has 4 saturated carbocycles. The van der Waals surface area contributed by atoms with Crippen molar-refractivity contribution in [2.45, 2.75) is 134 Å². The number of rotatable bonds is 9. The number of alkyl carbamates (subject to hydrolysis) is 1. The van der Waals surface area contributed by atoms with Gasteiger partial charge in [0.05, 0.1) is 36.4 Å². The number of allylic oxidation sites excluding steroid dienone is 1. The maximum atomic E-state index is 14.9. The molecule has 316 valence electrons. The van der Waals surface area contributed by atoms with E-state index in [2.05, 4.69) is 21.4 Å². The number of nitrogens with one attached hydrogen (secondary N) is 3. The highest BCUT2D eigenvalue weighted by Gasteiger charge is 2.62. The minimum atomic E-state index is -3.87. The van der Waals surface area contributed by atoms with E-state index < -0.39 is 68.1 Å². The summed E-state index contributed by atoms with van der Waals surface area (Å²) in [6.07, 6.45) is 8.58. The lowest BCUT2D eigenvalue weighted by Gasteiger charge is -2.35. The lowest BCUT2D eigenvalue weighted by atomic mass is 9.77. The Hall–Kier alpha value is -4.40. The summed E-state index contributed by atoms with van der Waals surface area (Å²) in [5.41, 5.74) is -0.818. The van der Waals surface area contributed by atoms with Gasteiger partial charge in [0.25, 0.3) is 5.91 Å². The molecule has 1 aliphatic heterocycles. The Morgan fingerprint density at radius 1 is 1.03 bits per heavy atom. The molecule has 0 spiro atoms. The second kappa shape index (κ2) is 16.3. The zero-order valence-electron chi connectivity index (χ0n) is 34.4.